The van der Waals surface area contributed by atoms with Gasteiger partial charge in [0.1, 0.15) is 12.7 Å². The molecule has 1 aliphatic heterocycles. The molecule has 1 heterocycles. The smallest absolute Gasteiger partial charge is 0.166 e. The van der Waals surface area contributed by atoms with Crippen LogP contribution in [0.4, 0.5) is 0 Å². The minimum atomic E-state index is -0.644. The van der Waals surface area contributed by atoms with Crippen molar-refractivity contribution in [3.05, 3.63) is 23.8 Å². The number of hydrogen-bond acceptors (Lipinski definition) is 4. The maximum Gasteiger partial charge on any atom is 0.166 e. The summed E-state index contributed by atoms with van der Waals surface area (Å²) in [5, 5.41) is 9.50. The molecule has 1 aliphatic rings. The second-order valence-corrected chi connectivity index (χ2v) is 3.28. The summed E-state index contributed by atoms with van der Waals surface area (Å²) in [4.78, 5) is 0. The number of fused-ring (bicyclic) bond motifs is 1. The van der Waals surface area contributed by atoms with Crippen molar-refractivity contribution in [3.8, 4) is 11.5 Å². The highest BCUT2D eigenvalue weighted by Gasteiger charge is 2.28. The Labute approximate surface area is 82.2 Å². The Kier molecular flexibility index (Phi) is 2.31. The van der Waals surface area contributed by atoms with Gasteiger partial charge in [-0.15, -0.1) is 0 Å². The van der Waals surface area contributed by atoms with Gasteiger partial charge in [0.25, 0.3) is 0 Å². The maximum absolute atomic E-state index is 9.50. The number of benzene rings is 1. The Balaban J connectivity index is 2.47. The Morgan fingerprint density at radius 3 is 3.07 bits per heavy atom. The van der Waals surface area contributed by atoms with Crippen LogP contribution in [0.3, 0.4) is 0 Å². The fraction of sp³-hybridized carbons (Fsp3) is 0.400. The quantitative estimate of drug-likeness (QED) is 0.682. The highest BCUT2D eigenvalue weighted by atomic mass is 16.5. The average molecular weight is 195 g/mol. The van der Waals surface area contributed by atoms with Crippen LogP contribution in [-0.4, -0.2) is 24.9 Å². The van der Waals surface area contributed by atoms with Crippen molar-refractivity contribution in [1.29, 1.82) is 0 Å². The summed E-state index contributed by atoms with van der Waals surface area (Å²) in [6, 6.07) is 5.08. The molecule has 1 aromatic rings. The molecule has 0 unspecified atom stereocenters. The lowest BCUT2D eigenvalue weighted by molar-refractivity contribution is 0.0659. The van der Waals surface area contributed by atoms with E-state index in [1.165, 1.54) is 0 Å². The van der Waals surface area contributed by atoms with Crippen molar-refractivity contribution in [2.75, 3.05) is 13.7 Å². The highest BCUT2D eigenvalue weighted by molar-refractivity contribution is 5.49. The topological polar surface area (TPSA) is 64.7 Å². The number of aliphatic hydroxyl groups excluding tert-OH is 1. The molecule has 0 radical (unpaired) electrons. The molecule has 2 rings (SSSR count). The van der Waals surface area contributed by atoms with Gasteiger partial charge in [-0.1, -0.05) is 12.1 Å². The lowest BCUT2D eigenvalue weighted by atomic mass is 9.99. The number of aliphatic hydroxyl groups is 1. The third-order valence-corrected chi connectivity index (χ3v) is 2.40. The van der Waals surface area contributed by atoms with E-state index in [-0.39, 0.29) is 6.61 Å². The molecule has 2 atom stereocenters. The predicted molar refractivity (Wildman–Crippen MR) is 51.4 cm³/mol. The highest BCUT2D eigenvalue weighted by Crippen LogP contribution is 2.38. The molecule has 76 valence electrons. The first kappa shape index (κ1) is 9.30. The number of hydrogen-bond donors (Lipinski definition) is 2. The molecule has 0 aliphatic carbocycles. The second-order valence-electron chi connectivity index (χ2n) is 3.28. The predicted octanol–water partition coefficient (Wildman–Crippen LogP) is 0.448. The summed E-state index contributed by atoms with van der Waals surface area (Å²) in [5.41, 5.74) is 6.62. The van der Waals surface area contributed by atoms with E-state index in [4.69, 9.17) is 15.2 Å². The molecule has 0 aromatic heterocycles. The number of nitrogens with two attached hydrogens (primary N) is 1. The third kappa shape index (κ3) is 1.32. The van der Waals surface area contributed by atoms with Crippen LogP contribution in [0, 0.1) is 0 Å². The van der Waals surface area contributed by atoms with Crippen LogP contribution in [0.2, 0.25) is 0 Å². The van der Waals surface area contributed by atoms with Crippen molar-refractivity contribution >= 4 is 0 Å². The van der Waals surface area contributed by atoms with Crippen molar-refractivity contribution in [2.45, 2.75) is 12.1 Å². The van der Waals surface area contributed by atoms with Crippen LogP contribution in [0.1, 0.15) is 11.6 Å². The Hall–Kier alpha value is -1.26. The van der Waals surface area contributed by atoms with Gasteiger partial charge >= 0.3 is 0 Å². The fourth-order valence-corrected chi connectivity index (χ4v) is 1.59. The van der Waals surface area contributed by atoms with Gasteiger partial charge in [0.15, 0.2) is 11.5 Å². The minimum Gasteiger partial charge on any atom is -0.493 e. The zero-order valence-electron chi connectivity index (χ0n) is 7.93. The Bertz CT molecular complexity index is 340. The van der Waals surface area contributed by atoms with Gasteiger partial charge < -0.3 is 20.3 Å². The first-order chi connectivity index (χ1) is 6.74. The molecule has 4 heteroatoms. The van der Waals surface area contributed by atoms with Crippen molar-refractivity contribution in [3.63, 3.8) is 0 Å². The van der Waals surface area contributed by atoms with Gasteiger partial charge in [-0.3, -0.25) is 0 Å². The van der Waals surface area contributed by atoms with E-state index >= 15 is 0 Å². The standard InChI is InChI=1S/C10H13NO3/c1-13-8-4-2-3-6-9(11)7(12)5-14-10(6)8/h2-4,7,9,12H,5,11H2,1H3/t7-,9+/m1/s1. The summed E-state index contributed by atoms with van der Waals surface area (Å²) >= 11 is 0. The summed E-state index contributed by atoms with van der Waals surface area (Å²) in [7, 11) is 1.58. The molecule has 0 saturated carbocycles. The van der Waals surface area contributed by atoms with Crippen LogP contribution < -0.4 is 15.2 Å². The van der Waals surface area contributed by atoms with Crippen molar-refractivity contribution in [1.82, 2.24) is 0 Å². The average Bonchev–Trinajstić information content (AvgIpc) is 2.23. The molecule has 0 bridgehead atoms. The third-order valence-electron chi connectivity index (χ3n) is 2.40. The monoisotopic (exact) mass is 195 g/mol. The summed E-state index contributed by atoms with van der Waals surface area (Å²) in [6.07, 6.45) is -0.644. The molecule has 3 N–H and O–H groups in total. The molecule has 1 aromatic carbocycles. The van der Waals surface area contributed by atoms with Crippen LogP contribution in [-0.2, 0) is 0 Å². The van der Waals surface area contributed by atoms with Crippen LogP contribution >= 0.6 is 0 Å². The van der Waals surface area contributed by atoms with Crippen molar-refractivity contribution in [2.24, 2.45) is 5.73 Å². The van der Waals surface area contributed by atoms with Gasteiger partial charge in [-0.2, -0.15) is 0 Å². The molecule has 14 heavy (non-hydrogen) atoms. The largest absolute Gasteiger partial charge is 0.493 e. The molecule has 4 nitrogen and oxygen atoms in total. The summed E-state index contributed by atoms with van der Waals surface area (Å²) < 4.78 is 10.5. The van der Waals surface area contributed by atoms with E-state index in [2.05, 4.69) is 0 Å². The maximum atomic E-state index is 9.50. The van der Waals surface area contributed by atoms with Gasteiger partial charge in [-0.05, 0) is 6.07 Å². The first-order valence-electron chi connectivity index (χ1n) is 4.47. The van der Waals surface area contributed by atoms with E-state index in [1.54, 1.807) is 7.11 Å². The van der Waals surface area contributed by atoms with Gasteiger partial charge in [-0.25, -0.2) is 0 Å². The van der Waals surface area contributed by atoms with Crippen molar-refractivity contribution < 1.29 is 14.6 Å². The summed E-state index contributed by atoms with van der Waals surface area (Å²) in [6.45, 7) is 0.217. The van der Waals surface area contributed by atoms with E-state index in [1.807, 2.05) is 18.2 Å². The number of rotatable bonds is 1. The fourth-order valence-electron chi connectivity index (χ4n) is 1.59. The SMILES string of the molecule is COc1cccc2c1OC[C@@H](O)[C@H]2N. The molecular formula is C10H13NO3. The molecule has 0 saturated heterocycles. The van der Waals surface area contributed by atoms with E-state index in [0.717, 1.165) is 5.56 Å². The summed E-state index contributed by atoms with van der Waals surface area (Å²) in [5.74, 6) is 1.30. The zero-order chi connectivity index (χ0) is 10.1. The van der Waals surface area contributed by atoms with E-state index in [9.17, 15) is 5.11 Å². The van der Waals surface area contributed by atoms with E-state index in [0.29, 0.717) is 11.5 Å². The van der Waals surface area contributed by atoms with Gasteiger partial charge in [0.2, 0.25) is 0 Å². The number of ether oxygens (including phenoxy) is 2. The molecule has 0 spiro atoms. The molecule has 0 fully saturated rings. The molecule has 0 amide bonds. The second kappa shape index (κ2) is 3.48. The van der Waals surface area contributed by atoms with E-state index < -0.39 is 12.1 Å². The number of para-hydroxylation sites is 1. The normalized spacial score (nSPS) is 25.1. The Morgan fingerprint density at radius 1 is 1.57 bits per heavy atom. The van der Waals surface area contributed by atoms with Crippen LogP contribution in [0.5, 0.6) is 11.5 Å². The zero-order valence-corrected chi connectivity index (χ0v) is 7.93. The lowest BCUT2D eigenvalue weighted by Crippen LogP contribution is -2.35. The minimum absolute atomic E-state index is 0.217. The molecular weight excluding hydrogens is 182 g/mol. The lowest BCUT2D eigenvalue weighted by Gasteiger charge is -2.28. The van der Waals surface area contributed by atoms with Gasteiger partial charge in [0.05, 0.1) is 13.2 Å². The van der Waals surface area contributed by atoms with Crippen LogP contribution in [0.25, 0.3) is 0 Å². The van der Waals surface area contributed by atoms with Gasteiger partial charge in [0, 0.05) is 5.56 Å². The number of methoxy groups -OCH3 is 1. The Morgan fingerprint density at radius 2 is 2.36 bits per heavy atom. The first-order valence-corrected chi connectivity index (χ1v) is 4.47. The van der Waals surface area contributed by atoms with Crippen LogP contribution in [0.15, 0.2) is 18.2 Å².